The van der Waals surface area contributed by atoms with Gasteiger partial charge in [0.25, 0.3) is 5.91 Å². The van der Waals surface area contributed by atoms with Gasteiger partial charge in [-0.05, 0) is 61.7 Å². The van der Waals surface area contributed by atoms with Crippen molar-refractivity contribution >= 4 is 21.6 Å². The number of hydrogen-bond donors (Lipinski definition) is 1. The summed E-state index contributed by atoms with van der Waals surface area (Å²) in [5.41, 5.74) is 5.81. The standard InChI is InChI=1S/C20H25N3O4S/c1-14-10-15(2)12-18(11-14)27-13-20(24)22-21-16(3)17-6-8-19(9-7-17)28(25,26)23(4)5/h6-12H,13H2,1-5H3,(H,22,24)/b21-16-. The Morgan fingerprint density at radius 2 is 1.64 bits per heavy atom. The second kappa shape index (κ2) is 8.99. The first-order valence-corrected chi connectivity index (χ1v) is 10.1. The lowest BCUT2D eigenvalue weighted by molar-refractivity contribution is -0.123. The number of hydrogen-bond acceptors (Lipinski definition) is 5. The molecule has 0 aliphatic heterocycles. The number of nitrogens with one attached hydrogen (secondary N) is 1. The van der Waals surface area contributed by atoms with Crippen LogP contribution in [0.2, 0.25) is 0 Å². The molecule has 1 N–H and O–H groups in total. The van der Waals surface area contributed by atoms with E-state index in [1.54, 1.807) is 19.1 Å². The smallest absolute Gasteiger partial charge is 0.277 e. The van der Waals surface area contributed by atoms with Crippen molar-refractivity contribution in [2.45, 2.75) is 25.7 Å². The molecule has 28 heavy (non-hydrogen) atoms. The summed E-state index contributed by atoms with van der Waals surface area (Å²) in [6.45, 7) is 5.49. The van der Waals surface area contributed by atoms with E-state index in [1.807, 2.05) is 32.0 Å². The third kappa shape index (κ3) is 5.64. The molecule has 0 radical (unpaired) electrons. The topological polar surface area (TPSA) is 88.1 Å². The van der Waals surface area contributed by atoms with Gasteiger partial charge in [0.05, 0.1) is 10.6 Å². The Labute approximate surface area is 166 Å². The number of sulfonamides is 1. The Morgan fingerprint density at radius 1 is 1.07 bits per heavy atom. The van der Waals surface area contributed by atoms with Gasteiger partial charge >= 0.3 is 0 Å². The summed E-state index contributed by atoms with van der Waals surface area (Å²) >= 11 is 0. The van der Waals surface area contributed by atoms with Gasteiger partial charge in [-0.2, -0.15) is 5.10 Å². The first-order chi connectivity index (χ1) is 13.1. The molecule has 150 valence electrons. The highest BCUT2D eigenvalue weighted by molar-refractivity contribution is 7.89. The molecule has 2 rings (SSSR count). The van der Waals surface area contributed by atoms with Crippen LogP contribution in [-0.4, -0.2) is 45.0 Å². The fourth-order valence-corrected chi connectivity index (χ4v) is 3.39. The molecule has 0 heterocycles. The minimum absolute atomic E-state index is 0.153. The van der Waals surface area contributed by atoms with Gasteiger partial charge in [-0.15, -0.1) is 0 Å². The summed E-state index contributed by atoms with van der Waals surface area (Å²) in [7, 11) is -0.522. The molecule has 2 aromatic carbocycles. The van der Waals surface area contributed by atoms with Crippen LogP contribution in [0.4, 0.5) is 0 Å². The van der Waals surface area contributed by atoms with Crippen LogP contribution in [-0.2, 0) is 14.8 Å². The number of amides is 1. The molecule has 7 nitrogen and oxygen atoms in total. The van der Waals surface area contributed by atoms with Crippen molar-refractivity contribution in [3.8, 4) is 5.75 Å². The molecule has 0 aliphatic carbocycles. The van der Waals surface area contributed by atoms with Gasteiger partial charge < -0.3 is 4.74 Å². The van der Waals surface area contributed by atoms with Crippen molar-refractivity contribution in [2.75, 3.05) is 20.7 Å². The molecular weight excluding hydrogens is 378 g/mol. The molecule has 0 unspecified atom stereocenters. The number of ether oxygens (including phenoxy) is 1. The predicted molar refractivity (Wildman–Crippen MR) is 109 cm³/mol. The molecular formula is C20H25N3O4S. The van der Waals surface area contributed by atoms with E-state index < -0.39 is 10.0 Å². The van der Waals surface area contributed by atoms with Crippen LogP contribution in [0.15, 0.2) is 52.5 Å². The van der Waals surface area contributed by atoms with E-state index >= 15 is 0 Å². The van der Waals surface area contributed by atoms with Gasteiger partial charge in [0.15, 0.2) is 6.61 Å². The lowest BCUT2D eigenvalue weighted by Gasteiger charge is -2.11. The number of hydrazone groups is 1. The fraction of sp³-hybridized carbons (Fsp3) is 0.300. The summed E-state index contributed by atoms with van der Waals surface area (Å²) in [6.07, 6.45) is 0. The van der Waals surface area contributed by atoms with E-state index in [0.717, 1.165) is 15.4 Å². The van der Waals surface area contributed by atoms with Crippen molar-refractivity contribution < 1.29 is 17.9 Å². The molecule has 0 atom stereocenters. The summed E-state index contributed by atoms with van der Waals surface area (Å²) < 4.78 is 30.8. The van der Waals surface area contributed by atoms with Crippen LogP contribution in [0.5, 0.6) is 5.75 Å². The molecule has 2 aromatic rings. The van der Waals surface area contributed by atoms with Crippen molar-refractivity contribution in [1.82, 2.24) is 9.73 Å². The lowest BCUT2D eigenvalue weighted by Crippen LogP contribution is -2.25. The van der Waals surface area contributed by atoms with Crippen LogP contribution in [0.3, 0.4) is 0 Å². The first kappa shape index (κ1) is 21.6. The molecule has 0 spiro atoms. The van der Waals surface area contributed by atoms with E-state index in [0.29, 0.717) is 17.0 Å². The molecule has 0 bridgehead atoms. The van der Waals surface area contributed by atoms with E-state index in [1.165, 1.54) is 26.2 Å². The van der Waals surface area contributed by atoms with Gasteiger partial charge in [-0.3, -0.25) is 4.79 Å². The normalized spacial score (nSPS) is 12.1. The minimum atomic E-state index is -3.48. The van der Waals surface area contributed by atoms with Crippen LogP contribution in [0, 0.1) is 13.8 Å². The van der Waals surface area contributed by atoms with Gasteiger partial charge in [0, 0.05) is 14.1 Å². The number of carbonyl (C=O) groups excluding carboxylic acids is 1. The average Bonchev–Trinajstić information content (AvgIpc) is 2.63. The molecule has 0 fully saturated rings. The molecule has 0 aliphatic rings. The van der Waals surface area contributed by atoms with Crippen LogP contribution in [0.1, 0.15) is 23.6 Å². The number of benzene rings is 2. The summed E-state index contributed by atoms with van der Waals surface area (Å²) in [4.78, 5) is 12.1. The van der Waals surface area contributed by atoms with Crippen LogP contribution in [0.25, 0.3) is 0 Å². The van der Waals surface area contributed by atoms with Gasteiger partial charge in [-0.25, -0.2) is 18.1 Å². The average molecular weight is 404 g/mol. The third-order valence-electron chi connectivity index (χ3n) is 3.96. The Balaban J connectivity index is 1.97. The number of aryl methyl sites for hydroxylation is 2. The summed E-state index contributed by atoms with van der Waals surface area (Å²) in [6, 6.07) is 12.1. The quantitative estimate of drug-likeness (QED) is 0.568. The maximum absolute atomic E-state index is 12.1. The molecule has 8 heteroatoms. The van der Waals surface area contributed by atoms with E-state index in [4.69, 9.17) is 4.74 Å². The van der Waals surface area contributed by atoms with Crippen molar-refractivity contribution in [3.05, 3.63) is 59.2 Å². The third-order valence-corrected chi connectivity index (χ3v) is 5.79. The zero-order valence-corrected chi connectivity index (χ0v) is 17.5. The number of nitrogens with zero attached hydrogens (tertiary/aromatic N) is 2. The van der Waals surface area contributed by atoms with E-state index in [-0.39, 0.29) is 17.4 Å². The molecule has 0 saturated heterocycles. The highest BCUT2D eigenvalue weighted by Crippen LogP contribution is 2.16. The van der Waals surface area contributed by atoms with Gasteiger partial charge in [0.1, 0.15) is 5.75 Å². The molecule has 0 saturated carbocycles. The SMILES string of the molecule is C/C(=N/NC(=O)COc1cc(C)cc(C)c1)c1ccc(S(=O)(=O)N(C)C)cc1. The number of rotatable bonds is 7. The Hall–Kier alpha value is -2.71. The minimum Gasteiger partial charge on any atom is -0.484 e. The fourth-order valence-electron chi connectivity index (χ4n) is 2.49. The zero-order chi connectivity index (χ0) is 20.9. The summed E-state index contributed by atoms with van der Waals surface area (Å²) in [5, 5.41) is 4.05. The predicted octanol–water partition coefficient (Wildman–Crippen LogP) is 2.47. The second-order valence-corrected chi connectivity index (χ2v) is 8.81. The zero-order valence-electron chi connectivity index (χ0n) is 16.7. The first-order valence-electron chi connectivity index (χ1n) is 8.67. The lowest BCUT2D eigenvalue weighted by atomic mass is 10.1. The maximum atomic E-state index is 12.1. The summed E-state index contributed by atoms with van der Waals surface area (Å²) in [5.74, 6) is 0.247. The van der Waals surface area contributed by atoms with Crippen molar-refractivity contribution in [3.63, 3.8) is 0 Å². The largest absolute Gasteiger partial charge is 0.484 e. The number of carbonyl (C=O) groups is 1. The molecule has 1 amide bonds. The van der Waals surface area contributed by atoms with E-state index in [2.05, 4.69) is 10.5 Å². The maximum Gasteiger partial charge on any atom is 0.277 e. The van der Waals surface area contributed by atoms with Gasteiger partial charge in [0.2, 0.25) is 10.0 Å². The van der Waals surface area contributed by atoms with Crippen molar-refractivity contribution in [2.24, 2.45) is 5.10 Å². The monoisotopic (exact) mass is 403 g/mol. The van der Waals surface area contributed by atoms with Crippen molar-refractivity contribution in [1.29, 1.82) is 0 Å². The Morgan fingerprint density at radius 3 is 2.18 bits per heavy atom. The Bertz CT molecular complexity index is 961. The van der Waals surface area contributed by atoms with Crippen LogP contribution < -0.4 is 10.2 Å². The molecule has 0 aromatic heterocycles. The Kier molecular flexibility index (Phi) is 6.93. The highest BCUT2D eigenvalue weighted by Gasteiger charge is 2.16. The van der Waals surface area contributed by atoms with Gasteiger partial charge in [-0.1, -0.05) is 18.2 Å². The second-order valence-electron chi connectivity index (χ2n) is 6.66. The van der Waals surface area contributed by atoms with E-state index in [9.17, 15) is 13.2 Å². The highest BCUT2D eigenvalue weighted by atomic mass is 32.2. The van der Waals surface area contributed by atoms with Crippen LogP contribution >= 0.6 is 0 Å².